The number of carbonyl (C=O) groups excluding carboxylic acids is 1. The van der Waals surface area contributed by atoms with Gasteiger partial charge in [0.15, 0.2) is 6.79 Å². The Bertz CT molecular complexity index is 1210. The van der Waals surface area contributed by atoms with Crippen LogP contribution in [-0.4, -0.2) is 83.2 Å². The Morgan fingerprint density at radius 1 is 1.05 bits per heavy atom. The second-order valence-electron chi connectivity index (χ2n) is 9.64. The zero-order chi connectivity index (χ0) is 31.1. The fourth-order valence-electron chi connectivity index (χ4n) is 4.02. The number of amides is 1. The first-order valence-electron chi connectivity index (χ1n) is 13.8. The number of aryl methyl sites for hydroxylation is 2. The highest BCUT2D eigenvalue weighted by Crippen LogP contribution is 2.51. The third-order valence-corrected chi connectivity index (χ3v) is 9.10. The van der Waals surface area contributed by atoms with Crippen LogP contribution in [0.1, 0.15) is 31.9 Å². The maximum atomic E-state index is 12.6. The average molecular weight is 643 g/mol. The Balaban J connectivity index is 2.01. The molecule has 2 atom stereocenters. The summed E-state index contributed by atoms with van der Waals surface area (Å²) in [4.78, 5) is 16.2. The Hall–Kier alpha value is -2.17. The molecule has 0 fully saturated rings. The van der Waals surface area contributed by atoms with E-state index in [9.17, 15) is 4.79 Å². The van der Waals surface area contributed by atoms with Gasteiger partial charge < -0.3 is 33.1 Å². The number of carbonyl (C=O) groups is 1. The quantitative estimate of drug-likeness (QED) is 0.0793. The minimum Gasteiger partial charge on any atom is -0.497 e. The summed E-state index contributed by atoms with van der Waals surface area (Å²) >= 11 is 11.8. The van der Waals surface area contributed by atoms with Crippen molar-refractivity contribution >= 4 is 36.0 Å². The largest absolute Gasteiger partial charge is 0.497 e. The number of allylic oxidation sites excluding steroid dienone is 1. The lowest BCUT2D eigenvalue weighted by Gasteiger charge is -2.25. The highest BCUT2D eigenvalue weighted by Gasteiger charge is 2.26. The van der Waals surface area contributed by atoms with Gasteiger partial charge in [-0.25, -0.2) is 0 Å². The number of ether oxygens (including phenoxy) is 3. The van der Waals surface area contributed by atoms with E-state index in [1.54, 1.807) is 18.9 Å². The topological polar surface area (TPSA) is 78.9 Å². The van der Waals surface area contributed by atoms with Gasteiger partial charge in [-0.2, -0.15) is 0 Å². The summed E-state index contributed by atoms with van der Waals surface area (Å²) in [5.41, 5.74) is 2.29. The highest BCUT2D eigenvalue weighted by molar-refractivity contribution is 8.07. The molecule has 1 unspecified atom stereocenters. The molecule has 2 aromatic carbocycles. The van der Waals surface area contributed by atoms with Crippen LogP contribution in [0, 0.1) is 0 Å². The van der Waals surface area contributed by atoms with Crippen LogP contribution in [0.2, 0.25) is 0 Å². The molecule has 0 N–H and O–H groups in total. The summed E-state index contributed by atoms with van der Waals surface area (Å²) in [6.45, 7) is 3.72. The predicted molar refractivity (Wildman–Crippen MR) is 171 cm³/mol. The van der Waals surface area contributed by atoms with E-state index in [0.29, 0.717) is 19.6 Å². The van der Waals surface area contributed by atoms with Crippen LogP contribution in [0.25, 0.3) is 0 Å². The number of hydrogen-bond acceptors (Lipinski definition) is 9. The number of para-hydroxylation sites is 1. The van der Waals surface area contributed by atoms with Crippen molar-refractivity contribution in [2.24, 2.45) is 0 Å². The second-order valence-corrected chi connectivity index (χ2v) is 13.1. The Kier molecular flexibility index (Phi) is 15.9. The van der Waals surface area contributed by atoms with E-state index in [1.807, 2.05) is 69.2 Å². The number of hydrogen-bond donors (Lipinski definition) is 0. The normalized spacial score (nSPS) is 14.1. The number of rotatable bonds is 19. The minimum atomic E-state index is -3.28. The van der Waals surface area contributed by atoms with Crippen molar-refractivity contribution in [1.82, 2.24) is 9.80 Å². The standard InChI is InChI=1S/C30H44ClN2O7PS/c1-8-33(9-2)30(34)29(31)23(3)40-41(42,36-7)39-22-38-27(20-32(4)5)21-37-28-16-11-10-14-25(28)18-17-24-13-12-15-26(19-24)35-6/h10-16,19,27H,8-9,17-18,20-22H2,1-7H3/b29-23+/t27-,41?/m0/s1. The zero-order valence-corrected chi connectivity index (χ0v) is 28.1. The third-order valence-electron chi connectivity index (χ3n) is 6.32. The number of halogens is 1. The molecule has 0 spiro atoms. The van der Waals surface area contributed by atoms with Crippen LogP contribution in [0.15, 0.2) is 59.3 Å². The zero-order valence-electron chi connectivity index (χ0n) is 25.6. The lowest BCUT2D eigenvalue weighted by molar-refractivity contribution is -0.126. The Morgan fingerprint density at radius 3 is 2.40 bits per heavy atom. The van der Waals surface area contributed by atoms with Crippen LogP contribution in [-0.2, 0) is 47.8 Å². The smallest absolute Gasteiger partial charge is 0.382 e. The molecule has 2 aromatic rings. The van der Waals surface area contributed by atoms with Gasteiger partial charge >= 0.3 is 6.72 Å². The van der Waals surface area contributed by atoms with Crippen LogP contribution in [0.4, 0.5) is 0 Å². The van der Waals surface area contributed by atoms with Gasteiger partial charge in [-0.1, -0.05) is 41.9 Å². The monoisotopic (exact) mass is 642 g/mol. The molecule has 0 heterocycles. The molecule has 0 saturated carbocycles. The molecule has 9 nitrogen and oxygen atoms in total. The van der Waals surface area contributed by atoms with E-state index in [0.717, 1.165) is 29.9 Å². The summed E-state index contributed by atoms with van der Waals surface area (Å²) in [5, 5.41) is -0.0709. The lowest BCUT2D eigenvalue weighted by atomic mass is 10.0. The van der Waals surface area contributed by atoms with Crippen molar-refractivity contribution in [3.63, 3.8) is 0 Å². The molecule has 234 valence electrons. The molecule has 0 bridgehead atoms. The molecule has 0 radical (unpaired) electrons. The van der Waals surface area contributed by atoms with Gasteiger partial charge in [-0.15, -0.1) is 0 Å². The van der Waals surface area contributed by atoms with Crippen molar-refractivity contribution in [2.75, 3.05) is 61.3 Å². The minimum absolute atomic E-state index is 0.0709. The molecule has 0 aliphatic rings. The summed E-state index contributed by atoms with van der Waals surface area (Å²) < 4.78 is 34.4. The van der Waals surface area contributed by atoms with Gasteiger partial charge in [0.05, 0.1) is 7.11 Å². The van der Waals surface area contributed by atoms with E-state index < -0.39 is 6.72 Å². The molecule has 12 heteroatoms. The first kappa shape index (κ1) is 36.0. The van der Waals surface area contributed by atoms with Crippen LogP contribution in [0.5, 0.6) is 11.5 Å². The summed E-state index contributed by atoms with van der Waals surface area (Å²) in [5.74, 6) is 1.43. The van der Waals surface area contributed by atoms with E-state index in [4.69, 9.17) is 51.2 Å². The van der Waals surface area contributed by atoms with E-state index in [1.165, 1.54) is 12.7 Å². The van der Waals surface area contributed by atoms with Crippen molar-refractivity contribution < 1.29 is 32.6 Å². The number of methoxy groups -OCH3 is 1. The highest BCUT2D eigenvalue weighted by atomic mass is 35.5. The SMILES string of the molecule is CCN(CC)C(=O)/C(Cl)=C(/C)OP(=S)(OC)OCO[C@H](COc1ccccc1CCc1cccc(OC)c1)CN(C)C. The first-order chi connectivity index (χ1) is 20.0. The summed E-state index contributed by atoms with van der Waals surface area (Å²) in [6, 6.07) is 16.1. The molecule has 42 heavy (non-hydrogen) atoms. The van der Waals surface area contributed by atoms with Gasteiger partial charge in [-0.05, 0) is 77.0 Å². The predicted octanol–water partition coefficient (Wildman–Crippen LogP) is 6.01. The van der Waals surface area contributed by atoms with Crippen molar-refractivity contribution in [1.29, 1.82) is 0 Å². The molecule has 0 saturated heterocycles. The van der Waals surface area contributed by atoms with Gasteiger partial charge in [0, 0.05) is 38.6 Å². The van der Waals surface area contributed by atoms with Crippen molar-refractivity contribution in [3.05, 3.63) is 70.4 Å². The number of likely N-dealkylation sites (N-methyl/N-ethyl adjacent to an activating group) is 2. The average Bonchev–Trinajstić information content (AvgIpc) is 2.99. The van der Waals surface area contributed by atoms with E-state index in [2.05, 4.69) is 12.1 Å². The van der Waals surface area contributed by atoms with E-state index >= 15 is 0 Å². The van der Waals surface area contributed by atoms with Gasteiger partial charge in [0.1, 0.15) is 35.0 Å². The molecule has 0 aliphatic carbocycles. The molecule has 0 aliphatic heterocycles. The molecular formula is C30H44ClN2O7PS. The van der Waals surface area contributed by atoms with Crippen LogP contribution in [0.3, 0.4) is 0 Å². The maximum Gasteiger partial charge on any atom is 0.382 e. The summed E-state index contributed by atoms with van der Waals surface area (Å²) in [6.07, 6.45) is 1.32. The van der Waals surface area contributed by atoms with Gasteiger partial charge in [-0.3, -0.25) is 9.32 Å². The van der Waals surface area contributed by atoms with Crippen molar-refractivity contribution in [3.8, 4) is 11.5 Å². The lowest BCUT2D eigenvalue weighted by Crippen LogP contribution is -2.34. The Labute approximate surface area is 260 Å². The van der Waals surface area contributed by atoms with Gasteiger partial charge in [0.2, 0.25) is 0 Å². The fraction of sp³-hybridized carbons (Fsp3) is 0.500. The first-order valence-corrected chi connectivity index (χ1v) is 16.7. The van der Waals surface area contributed by atoms with Gasteiger partial charge in [0.25, 0.3) is 5.91 Å². The van der Waals surface area contributed by atoms with E-state index in [-0.39, 0.29) is 36.2 Å². The van der Waals surface area contributed by atoms with Crippen molar-refractivity contribution in [2.45, 2.75) is 39.7 Å². The van der Waals surface area contributed by atoms with Crippen LogP contribution < -0.4 is 9.47 Å². The molecule has 2 rings (SSSR count). The second kappa shape index (κ2) is 18.5. The fourth-order valence-corrected chi connectivity index (χ4v) is 5.54. The number of benzene rings is 2. The van der Waals surface area contributed by atoms with Crippen LogP contribution >= 0.6 is 18.3 Å². The Morgan fingerprint density at radius 2 is 1.76 bits per heavy atom. The summed E-state index contributed by atoms with van der Waals surface area (Å²) in [7, 11) is 6.95. The molecule has 1 amide bonds. The maximum absolute atomic E-state index is 12.6. The molecular weight excluding hydrogens is 599 g/mol. The third kappa shape index (κ3) is 11.8. The number of nitrogens with zero attached hydrogens (tertiary/aromatic N) is 2. The molecule has 0 aromatic heterocycles.